The van der Waals surface area contributed by atoms with Crippen LogP contribution in [0.3, 0.4) is 0 Å². The molecule has 16 heavy (non-hydrogen) atoms. The van der Waals surface area contributed by atoms with Crippen LogP contribution < -0.4 is 5.32 Å². The van der Waals surface area contributed by atoms with Gasteiger partial charge in [-0.15, -0.1) is 0 Å². The molecule has 6 nitrogen and oxygen atoms in total. The SMILES string of the molecule is CCc1cc(NC(=O)Cc2ccn[nH]2)n[nH]1. The highest BCUT2D eigenvalue weighted by Gasteiger charge is 2.07. The average Bonchev–Trinajstić information content (AvgIpc) is 2.89. The molecule has 2 heterocycles. The maximum absolute atomic E-state index is 11.6. The molecule has 2 rings (SSSR count). The minimum absolute atomic E-state index is 0.113. The fourth-order valence-corrected chi connectivity index (χ4v) is 1.35. The van der Waals surface area contributed by atoms with E-state index in [0.29, 0.717) is 5.82 Å². The van der Waals surface area contributed by atoms with Crippen LogP contribution in [0.5, 0.6) is 0 Å². The van der Waals surface area contributed by atoms with E-state index in [1.54, 1.807) is 12.3 Å². The van der Waals surface area contributed by atoms with E-state index in [2.05, 4.69) is 25.7 Å². The number of aromatic nitrogens is 4. The van der Waals surface area contributed by atoms with Crippen molar-refractivity contribution in [2.75, 3.05) is 5.32 Å². The number of aromatic amines is 2. The van der Waals surface area contributed by atoms with E-state index in [4.69, 9.17) is 0 Å². The molecule has 0 radical (unpaired) electrons. The number of hydrogen-bond acceptors (Lipinski definition) is 3. The molecule has 0 saturated carbocycles. The van der Waals surface area contributed by atoms with Crippen LogP contribution in [-0.4, -0.2) is 26.3 Å². The van der Waals surface area contributed by atoms with Gasteiger partial charge < -0.3 is 5.32 Å². The van der Waals surface area contributed by atoms with Gasteiger partial charge in [0, 0.05) is 23.7 Å². The zero-order valence-electron chi connectivity index (χ0n) is 8.95. The molecule has 0 spiro atoms. The predicted molar refractivity (Wildman–Crippen MR) is 58.9 cm³/mol. The highest BCUT2D eigenvalue weighted by atomic mass is 16.1. The highest BCUT2D eigenvalue weighted by molar-refractivity contribution is 5.91. The molecule has 0 aromatic carbocycles. The summed E-state index contributed by atoms with van der Waals surface area (Å²) >= 11 is 0. The third-order valence-corrected chi connectivity index (χ3v) is 2.19. The Hall–Kier alpha value is -2.11. The van der Waals surface area contributed by atoms with Crippen molar-refractivity contribution in [3.63, 3.8) is 0 Å². The molecule has 84 valence electrons. The van der Waals surface area contributed by atoms with Crippen LogP contribution in [0.15, 0.2) is 18.3 Å². The van der Waals surface area contributed by atoms with Crippen molar-refractivity contribution >= 4 is 11.7 Å². The summed E-state index contributed by atoms with van der Waals surface area (Å²) in [4.78, 5) is 11.6. The number of nitrogens with zero attached hydrogens (tertiary/aromatic N) is 2. The van der Waals surface area contributed by atoms with Crippen LogP contribution >= 0.6 is 0 Å². The molecule has 0 unspecified atom stereocenters. The summed E-state index contributed by atoms with van der Waals surface area (Å²) in [7, 11) is 0. The summed E-state index contributed by atoms with van der Waals surface area (Å²) in [5, 5.41) is 16.0. The molecular formula is C10H13N5O. The summed E-state index contributed by atoms with van der Waals surface area (Å²) in [6, 6.07) is 3.59. The average molecular weight is 219 g/mol. The predicted octanol–water partition coefficient (Wildman–Crippen LogP) is 0.876. The first-order chi connectivity index (χ1) is 7.78. The number of anilines is 1. The molecular weight excluding hydrogens is 206 g/mol. The normalized spacial score (nSPS) is 10.3. The Labute approximate surface area is 92.5 Å². The van der Waals surface area contributed by atoms with Crippen molar-refractivity contribution in [3.05, 3.63) is 29.7 Å². The number of carbonyl (C=O) groups is 1. The number of H-pyrrole nitrogens is 2. The van der Waals surface area contributed by atoms with E-state index in [1.165, 1.54) is 0 Å². The van der Waals surface area contributed by atoms with Crippen LogP contribution in [-0.2, 0) is 17.6 Å². The molecule has 0 atom stereocenters. The molecule has 0 fully saturated rings. The van der Waals surface area contributed by atoms with Crippen LogP contribution in [0.1, 0.15) is 18.3 Å². The molecule has 0 bridgehead atoms. The first-order valence-corrected chi connectivity index (χ1v) is 5.10. The van der Waals surface area contributed by atoms with E-state index >= 15 is 0 Å². The van der Waals surface area contributed by atoms with Crippen LogP contribution in [0.25, 0.3) is 0 Å². The van der Waals surface area contributed by atoms with Crippen molar-refractivity contribution in [1.29, 1.82) is 0 Å². The van der Waals surface area contributed by atoms with E-state index in [0.717, 1.165) is 17.8 Å². The molecule has 0 aliphatic heterocycles. The lowest BCUT2D eigenvalue weighted by molar-refractivity contribution is -0.115. The largest absolute Gasteiger partial charge is 0.309 e. The number of amides is 1. The molecule has 0 saturated heterocycles. The lowest BCUT2D eigenvalue weighted by Gasteiger charge is -1.98. The van der Waals surface area contributed by atoms with Crippen LogP contribution in [0, 0.1) is 0 Å². The Bertz CT molecular complexity index is 459. The van der Waals surface area contributed by atoms with E-state index in [9.17, 15) is 4.79 Å². The fraction of sp³-hybridized carbons (Fsp3) is 0.300. The van der Waals surface area contributed by atoms with Gasteiger partial charge in [-0.2, -0.15) is 10.2 Å². The Morgan fingerprint density at radius 3 is 2.94 bits per heavy atom. The maximum Gasteiger partial charge on any atom is 0.231 e. The first kappa shape index (κ1) is 10.4. The summed E-state index contributed by atoms with van der Waals surface area (Å²) < 4.78 is 0. The molecule has 6 heteroatoms. The van der Waals surface area contributed by atoms with Gasteiger partial charge in [0.25, 0.3) is 0 Å². The van der Waals surface area contributed by atoms with Gasteiger partial charge in [-0.25, -0.2) is 0 Å². The first-order valence-electron chi connectivity index (χ1n) is 5.10. The molecule has 2 aromatic heterocycles. The molecule has 0 aliphatic carbocycles. The van der Waals surface area contributed by atoms with Crippen LogP contribution in [0.4, 0.5) is 5.82 Å². The summed E-state index contributed by atoms with van der Waals surface area (Å²) in [6.07, 6.45) is 2.75. The molecule has 2 aromatic rings. The smallest absolute Gasteiger partial charge is 0.231 e. The zero-order valence-corrected chi connectivity index (χ0v) is 8.95. The number of aryl methyl sites for hydroxylation is 1. The molecule has 3 N–H and O–H groups in total. The van der Waals surface area contributed by atoms with Crippen LogP contribution in [0.2, 0.25) is 0 Å². The van der Waals surface area contributed by atoms with E-state index in [-0.39, 0.29) is 12.3 Å². The second-order valence-corrected chi connectivity index (χ2v) is 3.44. The van der Waals surface area contributed by atoms with Crippen molar-refractivity contribution in [2.24, 2.45) is 0 Å². The quantitative estimate of drug-likeness (QED) is 0.713. The highest BCUT2D eigenvalue weighted by Crippen LogP contribution is 2.06. The Morgan fingerprint density at radius 2 is 2.31 bits per heavy atom. The van der Waals surface area contributed by atoms with Gasteiger partial charge in [-0.3, -0.25) is 15.0 Å². The summed E-state index contributed by atoms with van der Waals surface area (Å²) in [5.41, 5.74) is 1.78. The van der Waals surface area contributed by atoms with Gasteiger partial charge in [0.15, 0.2) is 5.82 Å². The minimum Gasteiger partial charge on any atom is -0.309 e. The number of hydrogen-bond donors (Lipinski definition) is 3. The number of nitrogens with one attached hydrogen (secondary N) is 3. The number of rotatable bonds is 4. The maximum atomic E-state index is 11.6. The number of carbonyl (C=O) groups excluding carboxylic acids is 1. The minimum atomic E-state index is -0.113. The Balaban J connectivity index is 1.92. The third-order valence-electron chi connectivity index (χ3n) is 2.19. The summed E-state index contributed by atoms with van der Waals surface area (Å²) in [5.74, 6) is 0.444. The van der Waals surface area contributed by atoms with Gasteiger partial charge >= 0.3 is 0 Å². The Kier molecular flexibility index (Phi) is 3.00. The van der Waals surface area contributed by atoms with Gasteiger partial charge in [-0.1, -0.05) is 6.92 Å². The van der Waals surface area contributed by atoms with Crippen molar-refractivity contribution in [3.8, 4) is 0 Å². The lowest BCUT2D eigenvalue weighted by atomic mass is 10.3. The van der Waals surface area contributed by atoms with Crippen molar-refractivity contribution in [1.82, 2.24) is 20.4 Å². The Morgan fingerprint density at radius 1 is 1.44 bits per heavy atom. The second kappa shape index (κ2) is 4.61. The topological polar surface area (TPSA) is 86.5 Å². The van der Waals surface area contributed by atoms with Crippen molar-refractivity contribution < 1.29 is 4.79 Å². The van der Waals surface area contributed by atoms with Gasteiger partial charge in [0.2, 0.25) is 5.91 Å². The standard InChI is InChI=1S/C10H13N5O/c1-2-7-5-9(15-14-7)12-10(16)6-8-3-4-11-13-8/h3-5H,2,6H2,1H3,(H,11,13)(H2,12,14,15,16). The van der Waals surface area contributed by atoms with Gasteiger partial charge in [-0.05, 0) is 12.5 Å². The summed E-state index contributed by atoms with van der Waals surface area (Å²) in [6.45, 7) is 2.02. The monoisotopic (exact) mass is 219 g/mol. The second-order valence-electron chi connectivity index (χ2n) is 3.44. The lowest BCUT2D eigenvalue weighted by Crippen LogP contribution is -2.14. The van der Waals surface area contributed by atoms with Gasteiger partial charge in [0.1, 0.15) is 0 Å². The van der Waals surface area contributed by atoms with Crippen molar-refractivity contribution in [2.45, 2.75) is 19.8 Å². The van der Waals surface area contributed by atoms with Gasteiger partial charge in [0.05, 0.1) is 6.42 Å². The molecule has 1 amide bonds. The zero-order chi connectivity index (χ0) is 11.4. The fourth-order valence-electron chi connectivity index (χ4n) is 1.35. The third kappa shape index (κ3) is 2.47. The van der Waals surface area contributed by atoms with E-state index < -0.39 is 0 Å². The molecule has 0 aliphatic rings. The van der Waals surface area contributed by atoms with E-state index in [1.807, 2.05) is 13.0 Å².